The van der Waals surface area contributed by atoms with E-state index in [1.807, 2.05) is 6.92 Å². The van der Waals surface area contributed by atoms with Crippen LogP contribution in [0.2, 0.25) is 0 Å². The summed E-state index contributed by atoms with van der Waals surface area (Å²) in [5, 5.41) is 36.8. The highest BCUT2D eigenvalue weighted by atomic mass is 16.4. The third-order valence-corrected chi connectivity index (χ3v) is 6.48. The molecule has 212 valence electrons. The summed E-state index contributed by atoms with van der Waals surface area (Å²) in [5.74, 6) is -3.74. The molecule has 0 bridgehead atoms. The second-order valence-corrected chi connectivity index (χ2v) is 9.66. The van der Waals surface area contributed by atoms with Gasteiger partial charge in [-0.15, -0.1) is 0 Å². The summed E-state index contributed by atoms with van der Waals surface area (Å²) < 4.78 is 0. The maximum atomic E-state index is 13.2. The maximum absolute atomic E-state index is 13.2. The fourth-order valence-corrected chi connectivity index (χ4v) is 3.90. The van der Waals surface area contributed by atoms with Crippen LogP contribution in [0.15, 0.2) is 54.6 Å². The van der Waals surface area contributed by atoms with Crippen LogP contribution in [-0.4, -0.2) is 69.3 Å². The predicted octanol–water partition coefficient (Wildman–Crippen LogP) is 0.471. The molecule has 0 fully saturated rings. The van der Waals surface area contributed by atoms with Crippen LogP contribution in [0.3, 0.4) is 0 Å². The minimum Gasteiger partial charge on any atom is -0.508 e. The summed E-state index contributed by atoms with van der Waals surface area (Å²) >= 11 is 0. The Kier molecular flexibility index (Phi) is 11.9. The van der Waals surface area contributed by atoms with Gasteiger partial charge in [-0.25, -0.2) is 4.79 Å². The summed E-state index contributed by atoms with van der Waals surface area (Å²) in [6.45, 7) is 4.85. The van der Waals surface area contributed by atoms with E-state index < -0.39 is 54.0 Å². The van der Waals surface area contributed by atoms with Gasteiger partial charge in [0.05, 0.1) is 12.1 Å². The van der Waals surface area contributed by atoms with Crippen LogP contribution in [0, 0.1) is 5.92 Å². The van der Waals surface area contributed by atoms with Gasteiger partial charge < -0.3 is 37.0 Å². The summed E-state index contributed by atoms with van der Waals surface area (Å²) in [5.41, 5.74) is 7.40. The topological polar surface area (TPSA) is 191 Å². The Morgan fingerprint density at radius 1 is 0.795 bits per heavy atom. The van der Waals surface area contributed by atoms with Gasteiger partial charge in [0.1, 0.15) is 23.9 Å². The van der Waals surface area contributed by atoms with Gasteiger partial charge in [-0.3, -0.25) is 14.4 Å². The first-order chi connectivity index (χ1) is 18.4. The van der Waals surface area contributed by atoms with Gasteiger partial charge >= 0.3 is 5.97 Å². The van der Waals surface area contributed by atoms with Crippen LogP contribution >= 0.6 is 0 Å². The number of nitrogens with two attached hydrogens (primary N) is 1. The average molecular weight is 543 g/mol. The van der Waals surface area contributed by atoms with E-state index in [-0.39, 0.29) is 24.5 Å². The van der Waals surface area contributed by atoms with Gasteiger partial charge in [-0.05, 0) is 42.5 Å². The van der Waals surface area contributed by atoms with Gasteiger partial charge in [0.15, 0.2) is 0 Å². The second kappa shape index (κ2) is 14.8. The van der Waals surface area contributed by atoms with E-state index in [2.05, 4.69) is 16.0 Å². The zero-order chi connectivity index (χ0) is 29.1. The van der Waals surface area contributed by atoms with E-state index >= 15 is 0 Å². The Morgan fingerprint density at radius 2 is 1.33 bits per heavy atom. The number of hydrogen-bond donors (Lipinski definition) is 7. The lowest BCUT2D eigenvalue weighted by atomic mass is 9.96. The number of carboxylic acids is 1. The van der Waals surface area contributed by atoms with Gasteiger partial charge in [-0.2, -0.15) is 0 Å². The van der Waals surface area contributed by atoms with E-state index in [4.69, 9.17) is 5.73 Å². The Labute approximate surface area is 227 Å². The quantitative estimate of drug-likeness (QED) is 0.179. The molecule has 6 atom stereocenters. The molecule has 0 aromatic heterocycles. The first-order valence-electron chi connectivity index (χ1n) is 12.8. The lowest BCUT2D eigenvalue weighted by Gasteiger charge is -2.29. The van der Waals surface area contributed by atoms with E-state index in [1.165, 1.54) is 19.1 Å². The number of carbonyl (C=O) groups is 4. The highest BCUT2D eigenvalue weighted by Gasteiger charge is 2.34. The minimum absolute atomic E-state index is 0.0500. The number of carboxylic acid groups (broad SMARTS) is 1. The fourth-order valence-electron chi connectivity index (χ4n) is 3.90. The smallest absolute Gasteiger partial charge is 0.326 e. The van der Waals surface area contributed by atoms with Crippen molar-refractivity contribution in [1.82, 2.24) is 16.0 Å². The van der Waals surface area contributed by atoms with Crippen molar-refractivity contribution in [2.75, 3.05) is 0 Å². The number of phenolic OH excluding ortho intramolecular Hbond substituents is 1. The van der Waals surface area contributed by atoms with Gasteiger partial charge in [0.25, 0.3) is 0 Å². The number of rotatable bonds is 14. The number of aliphatic hydroxyl groups is 1. The van der Waals surface area contributed by atoms with Crippen molar-refractivity contribution in [3.8, 4) is 5.75 Å². The SMILES string of the molecule is CCC(C)C(NC(=O)C(NC(=O)C(N)Cc1ccc(O)cc1)C(C)O)C(=O)NC(Cc1ccccc1)C(=O)O. The van der Waals surface area contributed by atoms with Crippen LogP contribution < -0.4 is 21.7 Å². The van der Waals surface area contributed by atoms with Crippen molar-refractivity contribution in [3.05, 3.63) is 65.7 Å². The molecule has 0 saturated carbocycles. The lowest BCUT2D eigenvalue weighted by Crippen LogP contribution is -2.61. The van der Waals surface area contributed by atoms with Crippen molar-refractivity contribution in [2.45, 2.75) is 70.3 Å². The molecule has 39 heavy (non-hydrogen) atoms. The van der Waals surface area contributed by atoms with Crippen molar-refractivity contribution in [1.29, 1.82) is 0 Å². The molecule has 2 aromatic rings. The summed E-state index contributed by atoms with van der Waals surface area (Å²) in [4.78, 5) is 50.9. The molecule has 0 spiro atoms. The monoisotopic (exact) mass is 542 g/mol. The van der Waals surface area contributed by atoms with Crippen LogP contribution in [0.4, 0.5) is 0 Å². The Balaban J connectivity index is 2.11. The van der Waals surface area contributed by atoms with E-state index in [1.54, 1.807) is 49.4 Å². The van der Waals surface area contributed by atoms with Crippen LogP contribution in [-0.2, 0) is 32.0 Å². The number of nitrogens with one attached hydrogen (secondary N) is 3. The minimum atomic E-state index is -1.41. The Morgan fingerprint density at radius 3 is 1.87 bits per heavy atom. The highest BCUT2D eigenvalue weighted by molar-refractivity contribution is 5.94. The number of aliphatic carboxylic acids is 1. The van der Waals surface area contributed by atoms with Crippen LogP contribution in [0.5, 0.6) is 5.75 Å². The van der Waals surface area contributed by atoms with Gasteiger partial charge in [0, 0.05) is 6.42 Å². The molecular formula is C28H38N4O7. The number of hydrogen-bond acceptors (Lipinski definition) is 7. The molecule has 0 radical (unpaired) electrons. The van der Waals surface area contributed by atoms with E-state index in [9.17, 15) is 34.5 Å². The zero-order valence-corrected chi connectivity index (χ0v) is 22.3. The van der Waals surface area contributed by atoms with E-state index in [0.29, 0.717) is 12.0 Å². The molecule has 8 N–H and O–H groups in total. The molecule has 3 amide bonds. The molecule has 0 saturated heterocycles. The lowest BCUT2D eigenvalue weighted by molar-refractivity contribution is -0.142. The van der Waals surface area contributed by atoms with Crippen molar-refractivity contribution < 1.29 is 34.5 Å². The van der Waals surface area contributed by atoms with Crippen molar-refractivity contribution in [2.24, 2.45) is 11.7 Å². The molecule has 0 aliphatic rings. The number of carbonyl (C=O) groups excluding carboxylic acids is 3. The van der Waals surface area contributed by atoms with Gasteiger partial charge in [-0.1, -0.05) is 62.7 Å². The molecule has 6 unspecified atom stereocenters. The van der Waals surface area contributed by atoms with Gasteiger partial charge in [0.2, 0.25) is 17.7 Å². The summed E-state index contributed by atoms with van der Waals surface area (Å²) in [7, 11) is 0. The summed E-state index contributed by atoms with van der Waals surface area (Å²) in [6, 6.07) is 10.1. The molecule has 11 heteroatoms. The van der Waals surface area contributed by atoms with Crippen LogP contribution in [0.1, 0.15) is 38.3 Å². The first-order valence-corrected chi connectivity index (χ1v) is 12.8. The molecular weight excluding hydrogens is 504 g/mol. The fraction of sp³-hybridized carbons (Fsp3) is 0.429. The molecule has 0 heterocycles. The standard InChI is InChI=1S/C28H38N4O7/c1-4-16(2)23(26(36)30-22(28(38)39)15-18-8-6-5-7-9-18)31-27(37)24(17(3)33)32-25(35)21(29)14-19-10-12-20(34)13-11-19/h5-13,16-17,21-24,33-34H,4,14-15,29H2,1-3H3,(H,30,36)(H,31,37)(H,32,35)(H,38,39). The molecule has 0 aliphatic heterocycles. The van der Waals surface area contributed by atoms with Crippen molar-refractivity contribution in [3.63, 3.8) is 0 Å². The molecule has 0 aliphatic carbocycles. The Bertz CT molecular complexity index is 1110. The number of benzene rings is 2. The Hall–Kier alpha value is -3.96. The molecule has 2 rings (SSSR count). The maximum Gasteiger partial charge on any atom is 0.326 e. The molecule has 11 nitrogen and oxygen atoms in total. The predicted molar refractivity (Wildman–Crippen MR) is 144 cm³/mol. The van der Waals surface area contributed by atoms with E-state index in [0.717, 1.165) is 5.56 Å². The highest BCUT2D eigenvalue weighted by Crippen LogP contribution is 2.13. The number of aromatic hydroxyl groups is 1. The normalized spacial score (nSPS) is 15.6. The third kappa shape index (κ3) is 9.69. The van der Waals surface area contributed by atoms with Crippen LogP contribution in [0.25, 0.3) is 0 Å². The average Bonchev–Trinajstić information content (AvgIpc) is 2.90. The zero-order valence-electron chi connectivity index (χ0n) is 22.3. The van der Waals surface area contributed by atoms with Crippen molar-refractivity contribution >= 4 is 23.7 Å². The number of amides is 3. The summed E-state index contributed by atoms with van der Waals surface area (Å²) in [6.07, 6.45) is -0.664. The number of phenols is 1. The third-order valence-electron chi connectivity index (χ3n) is 6.48. The largest absolute Gasteiger partial charge is 0.508 e. The first kappa shape index (κ1) is 31.3. The molecule has 2 aromatic carbocycles. The second-order valence-electron chi connectivity index (χ2n) is 9.66. The number of aliphatic hydroxyl groups excluding tert-OH is 1.